The van der Waals surface area contributed by atoms with Crippen LogP contribution in [-0.4, -0.2) is 55.0 Å². The van der Waals surface area contributed by atoms with E-state index < -0.39 is 6.23 Å². The maximum absolute atomic E-state index is 12.6. The van der Waals surface area contributed by atoms with Gasteiger partial charge in [0.1, 0.15) is 11.9 Å². The Bertz CT molecular complexity index is 923. The third-order valence-electron chi connectivity index (χ3n) is 7.41. The zero-order valence-corrected chi connectivity index (χ0v) is 22.4. The Balaban J connectivity index is 1.48. The van der Waals surface area contributed by atoms with Crippen LogP contribution in [0.1, 0.15) is 87.4 Å². The lowest BCUT2D eigenvalue weighted by Crippen LogP contribution is -2.51. The standard InChI is InChI=1S/C30H44N2O4/c1-4-6-7-8-9-12-23-35-28-14-11-10-13-27(28)29(33)31-25-17-15-24(16-18-25)30(34)36-26-19-21-32(3,5-2)22-20-26/h10-11,13-18,26,29,33H,4-9,12,19-23H2,1-3H3/p+1. The minimum Gasteiger partial charge on any atom is -0.493 e. The van der Waals surface area contributed by atoms with Crippen LogP contribution in [0.15, 0.2) is 48.5 Å². The molecule has 0 bridgehead atoms. The summed E-state index contributed by atoms with van der Waals surface area (Å²) in [6.07, 6.45) is 8.12. The SMILES string of the molecule is CCCCCCCCOc1ccccc1C(O)Nc1ccc(C(=O)OC2CC[N+](C)(CC)CC2)cc1. The number of nitrogens with zero attached hydrogens (tertiary/aromatic N) is 1. The number of hydrogen-bond donors (Lipinski definition) is 2. The molecule has 1 saturated heterocycles. The Labute approximate surface area is 217 Å². The summed E-state index contributed by atoms with van der Waals surface area (Å²) in [5.41, 5.74) is 1.94. The molecule has 2 aromatic carbocycles. The van der Waals surface area contributed by atoms with Crippen LogP contribution in [0.25, 0.3) is 0 Å². The number of hydrogen-bond acceptors (Lipinski definition) is 5. The number of piperidine rings is 1. The van der Waals surface area contributed by atoms with Crippen molar-refractivity contribution in [2.75, 3.05) is 38.6 Å². The molecule has 6 nitrogen and oxygen atoms in total. The molecule has 36 heavy (non-hydrogen) atoms. The molecule has 0 aliphatic carbocycles. The molecule has 0 spiro atoms. The highest BCUT2D eigenvalue weighted by Gasteiger charge is 2.30. The van der Waals surface area contributed by atoms with E-state index in [-0.39, 0.29) is 12.1 Å². The number of aliphatic hydroxyl groups is 1. The number of carbonyl (C=O) groups is 1. The third-order valence-corrected chi connectivity index (χ3v) is 7.41. The van der Waals surface area contributed by atoms with Crippen molar-refractivity contribution in [2.24, 2.45) is 0 Å². The van der Waals surface area contributed by atoms with Gasteiger partial charge in [0.2, 0.25) is 0 Å². The second-order valence-corrected chi connectivity index (χ2v) is 10.3. The van der Waals surface area contributed by atoms with Crippen molar-refractivity contribution in [3.8, 4) is 5.75 Å². The second-order valence-electron chi connectivity index (χ2n) is 10.3. The Morgan fingerprint density at radius 2 is 1.67 bits per heavy atom. The number of unbranched alkanes of at least 4 members (excludes halogenated alkanes) is 5. The van der Waals surface area contributed by atoms with Crippen LogP contribution in [-0.2, 0) is 4.74 Å². The van der Waals surface area contributed by atoms with Crippen LogP contribution >= 0.6 is 0 Å². The molecule has 1 aliphatic rings. The molecule has 1 aliphatic heterocycles. The van der Waals surface area contributed by atoms with E-state index in [1.165, 1.54) is 25.7 Å². The molecular weight excluding hydrogens is 452 g/mol. The Morgan fingerprint density at radius 3 is 2.36 bits per heavy atom. The van der Waals surface area contributed by atoms with Gasteiger partial charge in [-0.2, -0.15) is 0 Å². The second kappa shape index (κ2) is 14.2. The number of nitrogens with one attached hydrogen (secondary N) is 1. The lowest BCUT2D eigenvalue weighted by molar-refractivity contribution is -0.913. The van der Waals surface area contributed by atoms with Gasteiger partial charge in [-0.05, 0) is 43.7 Å². The van der Waals surface area contributed by atoms with Crippen molar-refractivity contribution in [3.63, 3.8) is 0 Å². The first-order valence-electron chi connectivity index (χ1n) is 13.7. The number of ether oxygens (including phenoxy) is 2. The van der Waals surface area contributed by atoms with Gasteiger partial charge >= 0.3 is 5.97 Å². The molecular formula is C30H45N2O4+. The molecule has 3 rings (SSSR count). The van der Waals surface area contributed by atoms with Gasteiger partial charge in [0.05, 0.1) is 38.9 Å². The topological polar surface area (TPSA) is 67.8 Å². The van der Waals surface area contributed by atoms with Gasteiger partial charge in [0, 0.05) is 24.1 Å². The van der Waals surface area contributed by atoms with Crippen LogP contribution in [0.5, 0.6) is 5.75 Å². The van der Waals surface area contributed by atoms with Gasteiger partial charge in [-0.1, -0.05) is 57.2 Å². The summed E-state index contributed by atoms with van der Waals surface area (Å²) < 4.78 is 12.8. The minimum absolute atomic E-state index is 0.0114. The molecule has 2 N–H and O–H groups in total. The Hall–Kier alpha value is -2.57. The van der Waals surface area contributed by atoms with Crippen LogP contribution in [0, 0.1) is 0 Å². The van der Waals surface area contributed by atoms with Gasteiger partial charge in [-0.15, -0.1) is 0 Å². The molecule has 1 atom stereocenters. The van der Waals surface area contributed by atoms with Gasteiger partial charge in [0.25, 0.3) is 0 Å². The molecule has 1 heterocycles. The van der Waals surface area contributed by atoms with Gasteiger partial charge in [-0.25, -0.2) is 4.79 Å². The van der Waals surface area contributed by atoms with E-state index in [1.807, 2.05) is 24.3 Å². The van der Waals surface area contributed by atoms with E-state index in [0.29, 0.717) is 23.5 Å². The van der Waals surface area contributed by atoms with E-state index in [9.17, 15) is 9.90 Å². The largest absolute Gasteiger partial charge is 0.493 e. The highest BCUT2D eigenvalue weighted by molar-refractivity contribution is 5.90. The quantitative estimate of drug-likeness (QED) is 0.138. The average Bonchev–Trinajstić information content (AvgIpc) is 2.90. The first-order valence-corrected chi connectivity index (χ1v) is 13.7. The van der Waals surface area contributed by atoms with E-state index >= 15 is 0 Å². The first-order chi connectivity index (χ1) is 17.4. The van der Waals surface area contributed by atoms with Crippen molar-refractivity contribution >= 4 is 11.7 Å². The molecule has 0 radical (unpaired) electrons. The number of aliphatic hydroxyl groups excluding tert-OH is 1. The summed E-state index contributed by atoms with van der Waals surface area (Å²) in [5.74, 6) is 0.407. The van der Waals surface area contributed by atoms with E-state index in [0.717, 1.165) is 55.5 Å². The zero-order chi connectivity index (χ0) is 25.8. The summed E-state index contributed by atoms with van der Waals surface area (Å²) in [6, 6.07) is 14.7. The minimum atomic E-state index is -0.920. The predicted octanol–water partition coefficient (Wildman–Crippen LogP) is 6.31. The monoisotopic (exact) mass is 497 g/mol. The highest BCUT2D eigenvalue weighted by Crippen LogP contribution is 2.27. The van der Waals surface area contributed by atoms with E-state index in [4.69, 9.17) is 9.47 Å². The molecule has 6 heteroatoms. The maximum atomic E-state index is 12.6. The predicted molar refractivity (Wildman–Crippen MR) is 145 cm³/mol. The number of para-hydroxylation sites is 1. The van der Waals surface area contributed by atoms with Gasteiger partial charge in [-0.3, -0.25) is 0 Å². The summed E-state index contributed by atoms with van der Waals surface area (Å²) in [6.45, 7) is 8.27. The summed E-state index contributed by atoms with van der Waals surface area (Å²) in [7, 11) is 2.26. The normalized spacial score (nSPS) is 20.5. The first kappa shape index (κ1) is 28.0. The number of likely N-dealkylation sites (tertiary alicyclic amines) is 1. The van der Waals surface area contributed by atoms with E-state index in [1.54, 1.807) is 24.3 Å². The molecule has 198 valence electrons. The van der Waals surface area contributed by atoms with E-state index in [2.05, 4.69) is 26.2 Å². The summed E-state index contributed by atoms with van der Waals surface area (Å²) in [5, 5.41) is 13.9. The number of quaternary nitrogens is 1. The molecule has 1 fully saturated rings. The number of carbonyl (C=O) groups excluding carboxylic acids is 1. The fourth-order valence-electron chi connectivity index (χ4n) is 4.66. The Morgan fingerprint density at radius 1 is 1.00 bits per heavy atom. The highest BCUT2D eigenvalue weighted by atomic mass is 16.5. The smallest absolute Gasteiger partial charge is 0.338 e. The van der Waals surface area contributed by atoms with Crippen molar-refractivity contribution < 1.29 is 23.9 Å². The zero-order valence-electron chi connectivity index (χ0n) is 22.4. The lowest BCUT2D eigenvalue weighted by Gasteiger charge is -2.39. The van der Waals surface area contributed by atoms with Gasteiger partial charge in [0.15, 0.2) is 6.23 Å². The molecule has 0 amide bonds. The number of rotatable bonds is 14. The number of benzene rings is 2. The maximum Gasteiger partial charge on any atom is 0.338 e. The van der Waals surface area contributed by atoms with Crippen molar-refractivity contribution in [3.05, 3.63) is 59.7 Å². The molecule has 1 unspecified atom stereocenters. The third kappa shape index (κ3) is 8.52. The summed E-state index contributed by atoms with van der Waals surface area (Å²) in [4.78, 5) is 12.6. The molecule has 0 saturated carbocycles. The van der Waals surface area contributed by atoms with Crippen molar-refractivity contribution in [2.45, 2.75) is 77.5 Å². The fraction of sp³-hybridized carbons (Fsp3) is 0.567. The van der Waals surface area contributed by atoms with Crippen LogP contribution in [0.4, 0.5) is 5.69 Å². The van der Waals surface area contributed by atoms with Crippen LogP contribution in [0.3, 0.4) is 0 Å². The van der Waals surface area contributed by atoms with Gasteiger partial charge < -0.3 is 24.4 Å². The number of anilines is 1. The van der Waals surface area contributed by atoms with Crippen molar-refractivity contribution in [1.29, 1.82) is 0 Å². The average molecular weight is 498 g/mol. The van der Waals surface area contributed by atoms with Crippen LogP contribution in [0.2, 0.25) is 0 Å². The lowest BCUT2D eigenvalue weighted by atomic mass is 10.1. The van der Waals surface area contributed by atoms with Crippen LogP contribution < -0.4 is 10.1 Å². The molecule has 2 aromatic rings. The van der Waals surface area contributed by atoms with Crippen molar-refractivity contribution in [1.82, 2.24) is 0 Å². The summed E-state index contributed by atoms with van der Waals surface area (Å²) >= 11 is 0. The Kier molecular flexibility index (Phi) is 11.1. The fourth-order valence-corrected chi connectivity index (χ4v) is 4.66. The molecule has 0 aromatic heterocycles. The number of esters is 1.